The van der Waals surface area contributed by atoms with Crippen LogP contribution in [-0.2, 0) is 91.1 Å². The van der Waals surface area contributed by atoms with Crippen molar-refractivity contribution in [3.8, 4) is 0 Å². The molecule has 0 aromatic rings. The SMILES string of the molecule is CC[C@H](C)[C@@H]1NC(=O)[C@@H]2CSSC[C@H](NC(=O)C[NH3+])C(=O)N[C@@H](CSSC[C@@H](C(N)=O)NC(=O)[C@H](CC(C)C)NC(=O)[C@H](CC(=O)O)NC(=O)[C@@H]3CCCN3C(=O)[C@H](CC(N)=O)NC(=O)[C@H](CC(N)=O)NC(=O)[C@H](CC(C)C)NC1=O)C(=O)N[C@@H](CO)C(=O)N[C@@H](CCCNC(N)N)C(=O)N1CCC[C@H]1C(=O)N1CCC[C@H]1C(=O)N2. The van der Waals surface area contributed by atoms with Gasteiger partial charge in [-0.3, -0.25) is 96.4 Å². The summed E-state index contributed by atoms with van der Waals surface area (Å²) < 4.78 is 0. The molecule has 0 saturated carbocycles. The Morgan fingerprint density at radius 3 is 1.43 bits per heavy atom. The molecule has 16 atom stereocenters. The fourth-order valence-electron chi connectivity index (χ4n) is 13.2. The zero-order valence-corrected chi connectivity index (χ0v) is 68.4. The van der Waals surface area contributed by atoms with Crippen LogP contribution < -0.4 is 104 Å². The number of hydrogen-bond acceptors (Lipinski definition) is 27. The topological polar surface area (TPSA) is 689 Å². The molecule has 28 N–H and O–H groups in total. The summed E-state index contributed by atoms with van der Waals surface area (Å²) in [5.74, 6) is -23.6. The first kappa shape index (κ1) is 96.7. The second kappa shape index (κ2) is 47.4. The van der Waals surface area contributed by atoms with Crippen molar-refractivity contribution in [2.24, 2.45) is 46.4 Å². The summed E-state index contributed by atoms with van der Waals surface area (Å²) in [4.78, 5) is 273. The molecule has 47 heteroatoms. The van der Waals surface area contributed by atoms with Crippen molar-refractivity contribution in [2.75, 3.05) is 62.3 Å². The number of quaternary nitrogens is 1. The first-order valence-electron chi connectivity index (χ1n) is 38.1. The minimum atomic E-state index is -1.98. The molecular formula is C68H113N22O21S4+. The molecule has 115 heavy (non-hydrogen) atoms. The number of nitrogens with one attached hydrogen (secondary N) is 13. The van der Waals surface area contributed by atoms with E-state index in [1.807, 2.05) is 0 Å². The average molecular weight is 1700 g/mol. The van der Waals surface area contributed by atoms with Gasteiger partial charge in [0.25, 0.3) is 5.91 Å². The molecule has 43 nitrogen and oxygen atoms in total. The number of aliphatic carboxylic acids is 1. The van der Waals surface area contributed by atoms with E-state index >= 15 is 4.79 Å². The van der Waals surface area contributed by atoms with E-state index in [9.17, 15) is 96.5 Å². The molecule has 0 spiro atoms. The van der Waals surface area contributed by atoms with Gasteiger partial charge in [0.15, 0.2) is 6.54 Å². The highest BCUT2D eigenvalue weighted by atomic mass is 33.1. The highest BCUT2D eigenvalue weighted by Crippen LogP contribution is 2.30. The van der Waals surface area contributed by atoms with Crippen LogP contribution in [0.25, 0.3) is 0 Å². The summed E-state index contributed by atoms with van der Waals surface area (Å²) in [7, 11) is 3.36. The number of carboxylic acid groups (broad SMARTS) is 1. The largest absolute Gasteiger partial charge is 0.481 e. The van der Waals surface area contributed by atoms with Gasteiger partial charge in [-0.15, -0.1) is 0 Å². The third-order valence-corrected chi connectivity index (χ3v) is 24.3. The maximum atomic E-state index is 15.1. The molecule has 18 amide bonds. The van der Waals surface area contributed by atoms with Crippen molar-refractivity contribution in [2.45, 2.75) is 228 Å². The summed E-state index contributed by atoms with van der Waals surface area (Å²) in [5, 5.41) is 53.7. The van der Waals surface area contributed by atoms with Gasteiger partial charge in [0.1, 0.15) is 96.9 Å². The quantitative estimate of drug-likeness (QED) is 0.0288. The number of primary amides is 3. The molecule has 5 saturated heterocycles. The van der Waals surface area contributed by atoms with Crippen LogP contribution >= 0.6 is 43.2 Å². The van der Waals surface area contributed by atoms with Gasteiger partial charge in [-0.05, 0) is 88.5 Å². The fourth-order valence-corrected chi connectivity index (χ4v) is 17.9. The Balaban J connectivity index is 1.70. The molecule has 0 aliphatic carbocycles. The highest BCUT2D eigenvalue weighted by molar-refractivity contribution is 8.77. The normalized spacial score (nSPS) is 28.4. The molecule has 5 rings (SSSR count). The second-order valence-corrected chi connectivity index (χ2v) is 34.6. The van der Waals surface area contributed by atoms with Crippen molar-refractivity contribution in [3.63, 3.8) is 0 Å². The van der Waals surface area contributed by atoms with Gasteiger partial charge in [0, 0.05) is 42.6 Å². The van der Waals surface area contributed by atoms with Crippen LogP contribution in [0, 0.1) is 17.8 Å². The van der Waals surface area contributed by atoms with Crippen molar-refractivity contribution >= 4 is 155 Å². The third-order valence-electron chi connectivity index (χ3n) is 19.4. The van der Waals surface area contributed by atoms with Gasteiger partial charge in [0.2, 0.25) is 100 Å². The second-order valence-electron chi connectivity index (χ2n) is 29.5. The number of hydrogen-bond donors (Lipinski definition) is 21. The van der Waals surface area contributed by atoms with E-state index in [1.54, 1.807) is 41.5 Å². The maximum absolute atomic E-state index is 15.1. The molecule has 5 heterocycles. The molecule has 0 aromatic carbocycles. The monoisotopic (exact) mass is 1700 g/mol. The smallest absolute Gasteiger partial charge is 0.305 e. The molecule has 0 aromatic heterocycles. The third kappa shape index (κ3) is 30.3. The van der Waals surface area contributed by atoms with E-state index in [2.05, 4.69) is 74.9 Å². The number of rotatable bonds is 21. The summed E-state index contributed by atoms with van der Waals surface area (Å²) in [6.45, 7) is 8.26. The number of carboxylic acids is 1. The Morgan fingerprint density at radius 2 is 0.904 bits per heavy atom. The number of carbonyl (C=O) groups is 19. The average Bonchev–Trinajstić information content (AvgIpc) is 1.67. The lowest BCUT2D eigenvalue weighted by Crippen LogP contribution is -2.62. The summed E-state index contributed by atoms with van der Waals surface area (Å²) >= 11 is 0. The molecule has 5 aliphatic rings. The molecular weight excluding hydrogens is 1590 g/mol. The number of nitrogens with two attached hydrogens (primary N) is 5. The minimum Gasteiger partial charge on any atom is -0.481 e. The van der Waals surface area contributed by atoms with Crippen LogP contribution in [0.5, 0.6) is 0 Å². The van der Waals surface area contributed by atoms with Crippen LogP contribution in [0.1, 0.15) is 131 Å². The molecule has 5 fully saturated rings. The number of aliphatic hydroxyl groups is 1. The number of fused-ring (bicyclic) bond motifs is 11. The lowest BCUT2D eigenvalue weighted by Gasteiger charge is -2.34. The van der Waals surface area contributed by atoms with Crippen molar-refractivity contribution in [1.82, 2.24) is 83.8 Å². The van der Waals surface area contributed by atoms with Crippen LogP contribution in [0.15, 0.2) is 0 Å². The van der Waals surface area contributed by atoms with Crippen molar-refractivity contribution in [1.29, 1.82) is 0 Å². The predicted molar refractivity (Wildman–Crippen MR) is 419 cm³/mol. The Morgan fingerprint density at radius 1 is 0.487 bits per heavy atom. The Kier molecular flexibility index (Phi) is 39.8. The van der Waals surface area contributed by atoms with E-state index < -0.39 is 271 Å². The molecule has 644 valence electrons. The van der Waals surface area contributed by atoms with Gasteiger partial charge < -0.3 is 123 Å². The fraction of sp³-hybridized carbons (Fsp3) is 0.721. The summed E-state index contributed by atoms with van der Waals surface area (Å²) in [6.07, 6.45) is -3.51. The molecule has 0 unspecified atom stereocenters. The zero-order valence-electron chi connectivity index (χ0n) is 65.2. The van der Waals surface area contributed by atoms with E-state index in [4.69, 9.17) is 28.7 Å². The lowest BCUT2D eigenvalue weighted by molar-refractivity contribution is -0.355. The number of nitrogens with zero attached hydrogens (tertiary/aromatic N) is 3. The first-order chi connectivity index (χ1) is 54.3. The number of aliphatic hydroxyl groups excluding tert-OH is 1. The summed E-state index contributed by atoms with van der Waals surface area (Å²) in [6, 6.07) is -24.4. The first-order valence-corrected chi connectivity index (χ1v) is 43.0. The van der Waals surface area contributed by atoms with E-state index in [-0.39, 0.29) is 108 Å². The van der Waals surface area contributed by atoms with E-state index in [0.29, 0.717) is 0 Å². The Bertz CT molecular complexity index is 3540. The predicted octanol–water partition coefficient (Wildman–Crippen LogP) is -9.78. The van der Waals surface area contributed by atoms with Gasteiger partial charge in [-0.1, -0.05) is 91.1 Å². The van der Waals surface area contributed by atoms with E-state index in [0.717, 1.165) is 48.1 Å². The maximum Gasteiger partial charge on any atom is 0.305 e. The minimum absolute atomic E-state index is 0.00582. The Hall–Kier alpha value is -8.87. The van der Waals surface area contributed by atoms with Gasteiger partial charge in [-0.25, -0.2) is 0 Å². The summed E-state index contributed by atoms with van der Waals surface area (Å²) in [5.41, 5.74) is 32.1. The standard InChI is InChI=1S/C68H112N22O21S4/c1-7-33(6)52-64(108)81-36(21-32(4)5)54(98)79-37(22-48(70)92)56(100)82-39(23-49(71)93)66(110)88-17-9-13-45(88)62(106)80-38(24-51(95)96)57(101)78-35(20-31(2)3)55(99)84-41(53(72)97)27-112-114-29-43-60(104)83-40(26-91)58(102)77-34(12-8-16-75-68(73)74)65(109)90-19-11-15-47(90)67(111)89-18-10-14-46(89)63(107)86-44(61(105)87-52)30-115-113-28-42(59(103)85-43)76-50(94)25-69/h31-47,52,68,75,91H,7-30,69,73-74H2,1-6H3,(H2,70,92)(H2,71,93)(H2,72,97)(H,76,94)(H,77,102)(H,78,101)(H,79,98)(H,80,106)(H,81,108)(H,82,100)(H,83,104)(H,84,99)(H,85,103)(H,86,107)(H,87,105)(H,95,96)/p+1/t33-,34-,35-,36-,37-,38-,39-,40-,41-,42-,43-,44-,45-,46-,47-,52-/m0/s1. The highest BCUT2D eigenvalue weighted by Gasteiger charge is 2.47. The van der Waals surface area contributed by atoms with Gasteiger partial charge >= 0.3 is 5.97 Å². The van der Waals surface area contributed by atoms with Crippen LogP contribution in [0.2, 0.25) is 0 Å². The number of amides is 18. The Labute approximate surface area is 680 Å². The zero-order chi connectivity index (χ0) is 85.7. The molecule has 0 radical (unpaired) electrons. The number of carbonyl (C=O) groups excluding carboxylic acids is 18. The molecule has 2 bridgehead atoms. The van der Waals surface area contributed by atoms with Gasteiger partial charge in [0.05, 0.1) is 25.9 Å². The van der Waals surface area contributed by atoms with Gasteiger partial charge in [-0.2, -0.15) is 0 Å². The van der Waals surface area contributed by atoms with Crippen molar-refractivity contribution in [3.05, 3.63) is 0 Å². The van der Waals surface area contributed by atoms with Crippen LogP contribution in [0.3, 0.4) is 0 Å². The van der Waals surface area contributed by atoms with Crippen LogP contribution in [-0.4, -0.2) is 296 Å². The lowest BCUT2D eigenvalue weighted by atomic mass is 9.96. The van der Waals surface area contributed by atoms with E-state index in [1.165, 1.54) is 9.80 Å². The van der Waals surface area contributed by atoms with Crippen molar-refractivity contribution < 1.29 is 107 Å². The van der Waals surface area contributed by atoms with Crippen LogP contribution in [0.4, 0.5) is 0 Å². The molecule has 5 aliphatic heterocycles.